The summed E-state index contributed by atoms with van der Waals surface area (Å²) in [6.45, 7) is 2.84. The van der Waals surface area contributed by atoms with Crippen molar-refractivity contribution < 1.29 is 1.37 Å². The van der Waals surface area contributed by atoms with Gasteiger partial charge in [0, 0.05) is 1.37 Å². The van der Waals surface area contributed by atoms with Gasteiger partial charge >= 0.3 is 0 Å². The molecule has 0 nitrogen and oxygen atoms in total. The van der Waals surface area contributed by atoms with E-state index in [4.69, 9.17) is 1.37 Å². The molecular weight excluding hydrogens is 96.1 g/mol. The van der Waals surface area contributed by atoms with Crippen molar-refractivity contribution >= 4 is 0 Å². The maximum Gasteiger partial charge on any atom is 0.0230 e. The molecule has 0 aromatic heterocycles. The summed E-state index contributed by atoms with van der Waals surface area (Å²) >= 11 is 0. The summed E-state index contributed by atoms with van der Waals surface area (Å²) in [7, 11) is 0. The van der Waals surface area contributed by atoms with E-state index in [1.54, 1.807) is 0 Å². The van der Waals surface area contributed by atoms with E-state index in [-0.39, 0.29) is 0 Å². The predicted octanol–water partition coefficient (Wildman–Crippen LogP) is 3.37. The quantitative estimate of drug-likeness (QED) is 0.483. The SMILES string of the molecule is [3H]CCCCCCCC. The average Bonchev–Trinajstić information content (AvgIpc) is 1.89. The van der Waals surface area contributed by atoms with Crippen LogP contribution in [0, 0.1) is 0 Å². The summed E-state index contributed by atoms with van der Waals surface area (Å²) in [5.41, 5.74) is 0. The Balaban J connectivity index is 2.60. The van der Waals surface area contributed by atoms with E-state index < -0.39 is 0 Å². The van der Waals surface area contributed by atoms with Gasteiger partial charge in [0.15, 0.2) is 0 Å². The number of hydrogen-bond donors (Lipinski definition) is 0. The number of hydrogen-bond acceptors (Lipinski definition) is 0. The van der Waals surface area contributed by atoms with Crippen molar-refractivity contribution in [1.29, 1.82) is 0 Å². The van der Waals surface area contributed by atoms with Crippen LogP contribution in [0.25, 0.3) is 0 Å². The van der Waals surface area contributed by atoms with Gasteiger partial charge in [-0.2, -0.15) is 0 Å². The summed E-state index contributed by atoms with van der Waals surface area (Å²) in [5, 5.41) is 0. The van der Waals surface area contributed by atoms with Crippen molar-refractivity contribution in [2.45, 2.75) is 52.3 Å². The Morgan fingerprint density at radius 3 is 2.12 bits per heavy atom. The third-order valence-electron chi connectivity index (χ3n) is 1.35. The van der Waals surface area contributed by atoms with Crippen molar-refractivity contribution in [1.82, 2.24) is 0 Å². The Morgan fingerprint density at radius 1 is 1.00 bits per heavy atom. The van der Waals surface area contributed by atoms with E-state index in [2.05, 4.69) is 6.92 Å². The maximum absolute atomic E-state index is 6.88. The van der Waals surface area contributed by atoms with Crippen LogP contribution in [-0.2, 0) is 0 Å². The lowest BCUT2D eigenvalue weighted by atomic mass is 10.1. The van der Waals surface area contributed by atoms with Crippen LogP contribution >= 0.6 is 0 Å². The van der Waals surface area contributed by atoms with Crippen molar-refractivity contribution in [3.05, 3.63) is 0 Å². The van der Waals surface area contributed by atoms with E-state index >= 15 is 0 Å². The first-order valence-electron chi connectivity index (χ1n) is 4.41. The molecule has 0 saturated heterocycles. The molecule has 0 fully saturated rings. The monoisotopic (exact) mass is 116 g/mol. The summed E-state index contributed by atoms with van der Waals surface area (Å²) in [5.74, 6) is 0. The van der Waals surface area contributed by atoms with Gasteiger partial charge in [0.1, 0.15) is 0 Å². The summed E-state index contributed by atoms with van der Waals surface area (Å²) < 4.78 is 6.88. The Morgan fingerprint density at radius 2 is 1.62 bits per heavy atom. The molecule has 8 heavy (non-hydrogen) atoms. The van der Waals surface area contributed by atoms with Gasteiger partial charge in [0.2, 0.25) is 0 Å². The minimum atomic E-state index is 0.617. The highest BCUT2D eigenvalue weighted by Crippen LogP contribution is 2.03. The highest BCUT2D eigenvalue weighted by Gasteiger charge is 1.83. The molecule has 0 unspecified atom stereocenters. The van der Waals surface area contributed by atoms with Crippen LogP contribution < -0.4 is 0 Å². The molecule has 0 heterocycles. The second kappa shape index (κ2) is 7.00. The lowest BCUT2D eigenvalue weighted by Crippen LogP contribution is -1.73. The van der Waals surface area contributed by atoms with Crippen molar-refractivity contribution in [3.63, 3.8) is 0 Å². The molecule has 0 aromatic rings. The molecule has 0 aliphatic heterocycles. The zero-order chi connectivity index (χ0) is 6.95. The normalized spacial score (nSPS) is 11.4. The van der Waals surface area contributed by atoms with Crippen LogP contribution in [0.5, 0.6) is 0 Å². The second-order valence-corrected chi connectivity index (χ2v) is 2.27. The molecule has 0 amide bonds. The third kappa shape index (κ3) is 6.00. The molecule has 0 aromatic carbocycles. The van der Waals surface area contributed by atoms with Gasteiger partial charge in [-0.05, 0) is 0 Å². The standard InChI is InChI=1S/C8H18/c1-3-5-7-8-6-4-2/h3-8H2,1-2H3/i1T. The van der Waals surface area contributed by atoms with E-state index in [0.717, 1.165) is 6.42 Å². The van der Waals surface area contributed by atoms with Crippen molar-refractivity contribution in [3.8, 4) is 0 Å². The van der Waals surface area contributed by atoms with Crippen molar-refractivity contribution in [2.75, 3.05) is 0 Å². The molecule has 50 valence electrons. The summed E-state index contributed by atoms with van der Waals surface area (Å²) in [6, 6.07) is 0. The molecule has 0 N–H and O–H groups in total. The molecule has 0 spiro atoms. The molecule has 0 heteroatoms. The molecule has 0 bridgehead atoms. The molecular formula is C8H18. The highest BCUT2D eigenvalue weighted by atomic mass is 13.9. The van der Waals surface area contributed by atoms with Crippen LogP contribution in [-0.4, -0.2) is 0 Å². The van der Waals surface area contributed by atoms with Gasteiger partial charge in [-0.15, -0.1) is 0 Å². The second-order valence-electron chi connectivity index (χ2n) is 2.27. The van der Waals surface area contributed by atoms with Crippen LogP contribution in [0.4, 0.5) is 0 Å². The van der Waals surface area contributed by atoms with E-state index in [0.29, 0.717) is 6.90 Å². The molecule has 0 rings (SSSR count). The largest absolute Gasteiger partial charge is 0.0654 e. The smallest absolute Gasteiger partial charge is 0.0230 e. The summed E-state index contributed by atoms with van der Waals surface area (Å²) in [6.07, 6.45) is 7.77. The highest BCUT2D eigenvalue weighted by molar-refractivity contribution is 4.39. The fourth-order valence-electron chi connectivity index (χ4n) is 0.780. The van der Waals surface area contributed by atoms with Gasteiger partial charge in [0.25, 0.3) is 0 Å². The zero-order valence-corrected chi connectivity index (χ0v) is 5.95. The van der Waals surface area contributed by atoms with Crippen molar-refractivity contribution in [2.24, 2.45) is 0 Å². The van der Waals surface area contributed by atoms with E-state index in [1.807, 2.05) is 0 Å². The summed E-state index contributed by atoms with van der Waals surface area (Å²) in [4.78, 5) is 0. The first-order chi connectivity index (χ1) is 4.41. The van der Waals surface area contributed by atoms with Crippen LogP contribution in [0.1, 0.15) is 53.7 Å². The molecule has 0 aliphatic carbocycles. The lowest BCUT2D eigenvalue weighted by molar-refractivity contribution is 0.624. The number of unbranched alkanes of at least 4 members (excludes halogenated alkanes) is 5. The Hall–Kier alpha value is 0. The van der Waals surface area contributed by atoms with Crippen LogP contribution in [0.3, 0.4) is 0 Å². The minimum absolute atomic E-state index is 0.617. The average molecular weight is 116 g/mol. The maximum atomic E-state index is 6.88. The zero-order valence-electron chi connectivity index (χ0n) is 6.95. The fourth-order valence-corrected chi connectivity index (χ4v) is 0.780. The van der Waals surface area contributed by atoms with E-state index in [9.17, 15) is 0 Å². The van der Waals surface area contributed by atoms with E-state index in [1.165, 1.54) is 32.1 Å². The predicted molar refractivity (Wildman–Crippen MR) is 39.1 cm³/mol. The molecule has 0 aliphatic rings. The van der Waals surface area contributed by atoms with Gasteiger partial charge in [-0.25, -0.2) is 0 Å². The third-order valence-corrected chi connectivity index (χ3v) is 1.35. The van der Waals surface area contributed by atoms with Gasteiger partial charge in [-0.1, -0.05) is 52.3 Å². The first kappa shape index (κ1) is 6.12. The molecule has 0 radical (unpaired) electrons. The number of rotatable bonds is 5. The van der Waals surface area contributed by atoms with Gasteiger partial charge < -0.3 is 0 Å². The van der Waals surface area contributed by atoms with Crippen LogP contribution in [0.2, 0.25) is 0 Å². The first-order valence-corrected chi connectivity index (χ1v) is 3.71. The van der Waals surface area contributed by atoms with Gasteiger partial charge in [0.05, 0.1) is 0 Å². The topological polar surface area (TPSA) is 0 Å². The Kier molecular flexibility index (Phi) is 5.36. The van der Waals surface area contributed by atoms with Gasteiger partial charge in [-0.3, -0.25) is 0 Å². The Bertz CT molecular complexity index is 37.8. The molecule has 0 atom stereocenters. The minimum Gasteiger partial charge on any atom is -0.0654 e. The van der Waals surface area contributed by atoms with Crippen LogP contribution in [0.15, 0.2) is 0 Å². The lowest BCUT2D eigenvalue weighted by Gasteiger charge is -1.93. The Labute approximate surface area is 54.7 Å². The fraction of sp³-hybridized carbons (Fsp3) is 1.00. The molecule has 0 saturated carbocycles.